The van der Waals surface area contributed by atoms with Crippen molar-refractivity contribution in [3.8, 4) is 0 Å². The highest BCUT2D eigenvalue weighted by Gasteiger charge is 2.35. The molecule has 3 rings (SSSR count). The van der Waals surface area contributed by atoms with Crippen LogP contribution < -0.4 is 5.73 Å². The van der Waals surface area contributed by atoms with E-state index in [0.29, 0.717) is 11.9 Å². The lowest BCUT2D eigenvalue weighted by atomic mass is 10.2. The van der Waals surface area contributed by atoms with E-state index in [1.165, 1.54) is 12.8 Å². The Bertz CT molecular complexity index is 411. The number of fused-ring (bicyclic) bond motifs is 1. The second-order valence-corrected chi connectivity index (χ2v) is 4.89. The van der Waals surface area contributed by atoms with Gasteiger partial charge >= 0.3 is 0 Å². The molecule has 0 aliphatic carbocycles. The number of aliphatic hydroxyl groups is 1. The molecule has 7 heteroatoms. The molecule has 2 unspecified atom stereocenters. The molecular weight excluding hydrogens is 236 g/mol. The first-order valence-corrected chi connectivity index (χ1v) is 6.33. The van der Waals surface area contributed by atoms with Gasteiger partial charge in [0.2, 0.25) is 11.7 Å². The van der Waals surface area contributed by atoms with Crippen molar-refractivity contribution in [1.29, 1.82) is 0 Å². The molecule has 0 saturated carbocycles. The van der Waals surface area contributed by atoms with Crippen molar-refractivity contribution in [3.63, 3.8) is 0 Å². The zero-order valence-electron chi connectivity index (χ0n) is 10.2. The summed E-state index contributed by atoms with van der Waals surface area (Å²) in [6.07, 6.45) is 2.29. The molecule has 1 aromatic heterocycles. The van der Waals surface area contributed by atoms with E-state index in [9.17, 15) is 0 Å². The average molecular weight is 254 g/mol. The standard InChI is InChI=1S/C11H18N4O3/c12-8(5-16)11-13-10(14-18-11)9-4-15-3-1-2-7(15)6-17-9/h7-9,16H,1-6,12H2/t7?,8-,9?/m0/s1. The fourth-order valence-corrected chi connectivity index (χ4v) is 2.58. The van der Waals surface area contributed by atoms with E-state index in [-0.39, 0.29) is 18.6 Å². The molecule has 2 aliphatic heterocycles. The van der Waals surface area contributed by atoms with Crippen molar-refractivity contribution in [2.45, 2.75) is 31.0 Å². The SMILES string of the molecule is N[C@@H](CO)c1nc(C2CN3CCCC3CO2)no1. The van der Waals surface area contributed by atoms with Crippen LogP contribution in [0.5, 0.6) is 0 Å². The van der Waals surface area contributed by atoms with Crippen LogP contribution in [-0.4, -0.2) is 52.5 Å². The Morgan fingerprint density at radius 1 is 1.56 bits per heavy atom. The third-order valence-corrected chi connectivity index (χ3v) is 3.65. The number of aromatic nitrogens is 2. The number of nitrogens with zero attached hydrogens (tertiary/aromatic N) is 3. The van der Waals surface area contributed by atoms with Gasteiger partial charge in [0.05, 0.1) is 13.2 Å². The first-order chi connectivity index (χ1) is 8.78. The summed E-state index contributed by atoms with van der Waals surface area (Å²) in [7, 11) is 0. The third kappa shape index (κ3) is 2.14. The van der Waals surface area contributed by atoms with Gasteiger partial charge in [-0.1, -0.05) is 5.16 Å². The number of hydrogen-bond acceptors (Lipinski definition) is 7. The van der Waals surface area contributed by atoms with Crippen LogP contribution in [0.2, 0.25) is 0 Å². The summed E-state index contributed by atoms with van der Waals surface area (Å²) in [4.78, 5) is 6.62. The van der Waals surface area contributed by atoms with Crippen molar-refractivity contribution >= 4 is 0 Å². The normalized spacial score (nSPS) is 30.3. The molecule has 0 radical (unpaired) electrons. The molecule has 2 fully saturated rings. The average Bonchev–Trinajstić information content (AvgIpc) is 3.05. The highest BCUT2D eigenvalue weighted by molar-refractivity contribution is 4.99. The second-order valence-electron chi connectivity index (χ2n) is 4.89. The highest BCUT2D eigenvalue weighted by atomic mass is 16.5. The minimum atomic E-state index is -0.616. The summed E-state index contributed by atoms with van der Waals surface area (Å²) in [5.74, 6) is 0.791. The summed E-state index contributed by atoms with van der Waals surface area (Å²) in [5, 5.41) is 12.8. The van der Waals surface area contributed by atoms with E-state index in [0.717, 1.165) is 19.7 Å². The number of aliphatic hydroxyl groups excluding tert-OH is 1. The fourth-order valence-electron chi connectivity index (χ4n) is 2.58. The molecule has 3 heterocycles. The van der Waals surface area contributed by atoms with E-state index < -0.39 is 6.04 Å². The quantitative estimate of drug-likeness (QED) is 0.757. The monoisotopic (exact) mass is 254 g/mol. The topological polar surface area (TPSA) is 97.6 Å². The first kappa shape index (κ1) is 12.0. The number of nitrogens with two attached hydrogens (primary N) is 1. The zero-order chi connectivity index (χ0) is 12.5. The molecule has 0 amide bonds. The van der Waals surface area contributed by atoms with Crippen molar-refractivity contribution < 1.29 is 14.4 Å². The van der Waals surface area contributed by atoms with E-state index in [1.807, 2.05) is 0 Å². The lowest BCUT2D eigenvalue weighted by molar-refractivity contribution is -0.0548. The minimum absolute atomic E-state index is 0.150. The Kier molecular flexibility index (Phi) is 3.29. The molecule has 1 aromatic rings. The van der Waals surface area contributed by atoms with Gasteiger partial charge in [-0.05, 0) is 19.4 Å². The maximum atomic E-state index is 8.94. The molecule has 18 heavy (non-hydrogen) atoms. The van der Waals surface area contributed by atoms with Crippen LogP contribution in [-0.2, 0) is 4.74 Å². The highest BCUT2D eigenvalue weighted by Crippen LogP contribution is 2.29. The van der Waals surface area contributed by atoms with Gasteiger partial charge in [0.25, 0.3) is 0 Å². The maximum absolute atomic E-state index is 8.94. The summed E-state index contributed by atoms with van der Waals surface area (Å²) >= 11 is 0. The summed E-state index contributed by atoms with van der Waals surface area (Å²) in [6.45, 7) is 2.44. The number of morpholine rings is 1. The number of rotatable bonds is 3. The Morgan fingerprint density at radius 3 is 3.28 bits per heavy atom. The van der Waals surface area contributed by atoms with Gasteiger partial charge in [-0.25, -0.2) is 0 Å². The summed E-state index contributed by atoms with van der Waals surface area (Å²) in [5.41, 5.74) is 5.63. The Balaban J connectivity index is 1.69. The van der Waals surface area contributed by atoms with E-state index in [4.69, 9.17) is 20.1 Å². The van der Waals surface area contributed by atoms with Gasteiger partial charge < -0.3 is 20.1 Å². The first-order valence-electron chi connectivity index (χ1n) is 6.33. The lowest BCUT2D eigenvalue weighted by Gasteiger charge is -2.33. The predicted molar refractivity (Wildman–Crippen MR) is 61.6 cm³/mol. The van der Waals surface area contributed by atoms with Gasteiger partial charge in [0, 0.05) is 12.6 Å². The molecule has 100 valence electrons. The van der Waals surface area contributed by atoms with Crippen molar-refractivity contribution in [3.05, 3.63) is 11.7 Å². The van der Waals surface area contributed by atoms with E-state index >= 15 is 0 Å². The summed E-state index contributed by atoms with van der Waals surface area (Å²) < 4.78 is 10.8. The second kappa shape index (κ2) is 4.93. The van der Waals surface area contributed by atoms with Gasteiger partial charge in [-0.3, -0.25) is 4.90 Å². The van der Waals surface area contributed by atoms with Crippen LogP contribution >= 0.6 is 0 Å². The van der Waals surface area contributed by atoms with Crippen LogP contribution in [0, 0.1) is 0 Å². The predicted octanol–water partition coefficient (Wildman–Crippen LogP) is -0.403. The van der Waals surface area contributed by atoms with Crippen molar-refractivity contribution in [2.75, 3.05) is 26.3 Å². The molecule has 3 atom stereocenters. The van der Waals surface area contributed by atoms with Crippen LogP contribution in [0.3, 0.4) is 0 Å². The molecule has 3 N–H and O–H groups in total. The molecule has 0 bridgehead atoms. The molecule has 7 nitrogen and oxygen atoms in total. The third-order valence-electron chi connectivity index (χ3n) is 3.65. The molecule has 0 spiro atoms. The Morgan fingerprint density at radius 2 is 2.44 bits per heavy atom. The molecule has 2 aliphatic rings. The van der Waals surface area contributed by atoms with Gasteiger partial charge in [-0.2, -0.15) is 4.98 Å². The van der Waals surface area contributed by atoms with E-state index in [2.05, 4.69) is 15.0 Å². The van der Waals surface area contributed by atoms with Crippen LogP contribution in [0.1, 0.15) is 36.7 Å². The van der Waals surface area contributed by atoms with Crippen LogP contribution in [0.15, 0.2) is 4.52 Å². The smallest absolute Gasteiger partial charge is 0.246 e. The minimum Gasteiger partial charge on any atom is -0.394 e. The van der Waals surface area contributed by atoms with Gasteiger partial charge in [-0.15, -0.1) is 0 Å². The maximum Gasteiger partial charge on any atom is 0.246 e. The molecule has 0 aromatic carbocycles. The number of hydrogen-bond donors (Lipinski definition) is 2. The molecular formula is C11H18N4O3. The number of ether oxygens (including phenoxy) is 1. The largest absolute Gasteiger partial charge is 0.394 e. The lowest BCUT2D eigenvalue weighted by Crippen LogP contribution is -2.42. The van der Waals surface area contributed by atoms with Crippen LogP contribution in [0.4, 0.5) is 0 Å². The van der Waals surface area contributed by atoms with E-state index in [1.54, 1.807) is 0 Å². The van der Waals surface area contributed by atoms with Crippen molar-refractivity contribution in [1.82, 2.24) is 15.0 Å². The zero-order valence-corrected chi connectivity index (χ0v) is 10.2. The fraction of sp³-hybridized carbons (Fsp3) is 0.818. The Labute approximate surface area is 105 Å². The summed E-state index contributed by atoms with van der Waals surface area (Å²) in [6, 6.07) is -0.0679. The van der Waals surface area contributed by atoms with Gasteiger partial charge in [0.15, 0.2) is 0 Å². The Hall–Kier alpha value is -1.02. The molecule has 2 saturated heterocycles. The van der Waals surface area contributed by atoms with Gasteiger partial charge in [0.1, 0.15) is 12.1 Å². The van der Waals surface area contributed by atoms with Crippen molar-refractivity contribution in [2.24, 2.45) is 5.73 Å². The van der Waals surface area contributed by atoms with Crippen LogP contribution in [0.25, 0.3) is 0 Å².